The molecule has 0 fully saturated rings. The van der Waals surface area contributed by atoms with Crippen molar-refractivity contribution in [3.63, 3.8) is 0 Å². The van der Waals surface area contributed by atoms with Gasteiger partial charge in [0.1, 0.15) is 17.0 Å². The summed E-state index contributed by atoms with van der Waals surface area (Å²) < 4.78 is 7.48. The Morgan fingerprint density at radius 1 is 1.52 bits per heavy atom. The van der Waals surface area contributed by atoms with E-state index in [0.717, 1.165) is 0 Å². The molecular formula is C15H19ClN4O3. The van der Waals surface area contributed by atoms with E-state index in [-0.39, 0.29) is 5.15 Å². The van der Waals surface area contributed by atoms with E-state index in [2.05, 4.69) is 5.10 Å². The Morgan fingerprint density at radius 2 is 2.22 bits per heavy atom. The number of halogens is 1. The lowest BCUT2D eigenvalue weighted by atomic mass is 10.2. The highest BCUT2D eigenvalue weighted by atomic mass is 35.5. The molecule has 0 saturated heterocycles. The Kier molecular flexibility index (Phi) is 4.79. The SMILES string of the molecule is CCN(C(=O)OC(C)(C)C)c1cn(-c2ccc[n+]([O-])c2)nc1Cl. The Labute approximate surface area is 139 Å². The van der Waals surface area contributed by atoms with E-state index in [9.17, 15) is 10.0 Å². The third-order valence-electron chi connectivity index (χ3n) is 2.90. The maximum absolute atomic E-state index is 12.3. The minimum absolute atomic E-state index is 0.152. The van der Waals surface area contributed by atoms with Gasteiger partial charge in [-0.05, 0) is 33.8 Å². The van der Waals surface area contributed by atoms with Gasteiger partial charge in [0.15, 0.2) is 11.3 Å². The van der Waals surface area contributed by atoms with Gasteiger partial charge in [-0.25, -0.2) is 9.48 Å². The number of rotatable bonds is 3. The molecule has 0 aliphatic carbocycles. The number of hydrogen-bond donors (Lipinski definition) is 0. The molecule has 0 radical (unpaired) electrons. The number of hydrogen-bond acceptors (Lipinski definition) is 4. The maximum Gasteiger partial charge on any atom is 0.414 e. The smallest absolute Gasteiger partial charge is 0.414 e. The lowest BCUT2D eigenvalue weighted by Crippen LogP contribution is -2.36. The van der Waals surface area contributed by atoms with Crippen molar-refractivity contribution in [1.82, 2.24) is 9.78 Å². The Hall–Kier alpha value is -2.28. The summed E-state index contributed by atoms with van der Waals surface area (Å²) in [4.78, 5) is 13.7. The van der Waals surface area contributed by atoms with Gasteiger partial charge in [-0.1, -0.05) is 11.6 Å². The quantitative estimate of drug-likeness (QED) is 0.637. The van der Waals surface area contributed by atoms with E-state index >= 15 is 0 Å². The minimum atomic E-state index is -0.611. The zero-order chi connectivity index (χ0) is 17.2. The predicted molar refractivity (Wildman–Crippen MR) is 86.8 cm³/mol. The standard InChI is InChI=1S/C15H19ClN4O3/c1-5-19(14(21)23-15(2,3)4)12-10-20(17-13(12)16)11-7-6-8-18(22)9-11/h6-10H,5H2,1-4H3. The highest BCUT2D eigenvalue weighted by molar-refractivity contribution is 6.32. The highest BCUT2D eigenvalue weighted by Crippen LogP contribution is 2.27. The lowest BCUT2D eigenvalue weighted by Gasteiger charge is -2.25. The number of amides is 1. The molecule has 2 heterocycles. The monoisotopic (exact) mass is 338 g/mol. The molecule has 7 nitrogen and oxygen atoms in total. The van der Waals surface area contributed by atoms with Crippen LogP contribution in [0.15, 0.2) is 30.7 Å². The molecule has 2 aromatic heterocycles. The molecule has 2 rings (SSSR count). The molecule has 0 aromatic carbocycles. The van der Waals surface area contributed by atoms with Crippen LogP contribution in [0, 0.1) is 5.21 Å². The summed E-state index contributed by atoms with van der Waals surface area (Å²) in [6.45, 7) is 7.56. The maximum atomic E-state index is 12.3. The summed E-state index contributed by atoms with van der Waals surface area (Å²) in [5.74, 6) is 0. The fraction of sp³-hybridized carbons (Fsp3) is 0.400. The first-order valence-corrected chi connectivity index (χ1v) is 7.54. The van der Waals surface area contributed by atoms with Crippen molar-refractivity contribution >= 4 is 23.4 Å². The largest absolute Gasteiger partial charge is 0.619 e. The lowest BCUT2D eigenvalue weighted by molar-refractivity contribution is -0.605. The second-order valence-corrected chi connectivity index (χ2v) is 6.25. The van der Waals surface area contributed by atoms with Crippen molar-refractivity contribution in [3.8, 4) is 5.69 Å². The van der Waals surface area contributed by atoms with Gasteiger partial charge in [-0.2, -0.15) is 9.83 Å². The van der Waals surface area contributed by atoms with E-state index in [1.807, 2.05) is 6.92 Å². The van der Waals surface area contributed by atoms with Crippen molar-refractivity contribution in [2.24, 2.45) is 0 Å². The number of ether oxygens (including phenoxy) is 1. The van der Waals surface area contributed by atoms with Crippen LogP contribution in [0.1, 0.15) is 27.7 Å². The average Bonchev–Trinajstić information content (AvgIpc) is 2.80. The van der Waals surface area contributed by atoms with Crippen molar-refractivity contribution < 1.29 is 14.3 Å². The number of carbonyl (C=O) groups is 1. The third kappa shape index (κ3) is 4.13. The fourth-order valence-corrected chi connectivity index (χ4v) is 2.18. The van der Waals surface area contributed by atoms with E-state index in [1.54, 1.807) is 39.1 Å². The summed E-state index contributed by atoms with van der Waals surface area (Å²) in [5.41, 5.74) is 0.348. The summed E-state index contributed by atoms with van der Waals surface area (Å²) >= 11 is 6.16. The molecule has 0 bridgehead atoms. The van der Waals surface area contributed by atoms with E-state index in [1.165, 1.54) is 22.0 Å². The fourth-order valence-electron chi connectivity index (χ4n) is 1.95. The zero-order valence-corrected chi connectivity index (χ0v) is 14.2. The van der Waals surface area contributed by atoms with Crippen LogP contribution in [-0.4, -0.2) is 28.0 Å². The topological polar surface area (TPSA) is 74.3 Å². The summed E-state index contributed by atoms with van der Waals surface area (Å²) in [7, 11) is 0. The zero-order valence-electron chi connectivity index (χ0n) is 13.5. The summed E-state index contributed by atoms with van der Waals surface area (Å²) in [5, 5.41) is 15.7. The Morgan fingerprint density at radius 3 is 2.78 bits per heavy atom. The van der Waals surface area contributed by atoms with Gasteiger partial charge in [0.2, 0.25) is 6.20 Å². The highest BCUT2D eigenvalue weighted by Gasteiger charge is 2.25. The molecule has 0 spiro atoms. The second-order valence-electron chi connectivity index (χ2n) is 5.90. The van der Waals surface area contributed by atoms with Crippen LogP contribution in [0.3, 0.4) is 0 Å². The Balaban J connectivity index is 2.34. The second kappa shape index (κ2) is 6.45. The normalized spacial score (nSPS) is 11.3. The van der Waals surface area contributed by atoms with Crippen LogP contribution in [0.4, 0.5) is 10.5 Å². The van der Waals surface area contributed by atoms with Crippen LogP contribution in [-0.2, 0) is 4.74 Å². The van der Waals surface area contributed by atoms with Gasteiger partial charge in [-0.3, -0.25) is 4.90 Å². The number of carbonyl (C=O) groups excluding carboxylic acids is 1. The first kappa shape index (κ1) is 17.1. The first-order chi connectivity index (χ1) is 10.7. The molecule has 124 valence electrons. The van der Waals surface area contributed by atoms with E-state index in [4.69, 9.17) is 16.3 Å². The Bertz CT molecular complexity index is 709. The molecule has 0 aliphatic rings. The minimum Gasteiger partial charge on any atom is -0.619 e. The number of nitrogens with zero attached hydrogens (tertiary/aromatic N) is 4. The number of pyridine rings is 1. The molecule has 23 heavy (non-hydrogen) atoms. The summed E-state index contributed by atoms with van der Waals surface area (Å²) in [6, 6.07) is 3.31. The molecule has 0 N–H and O–H groups in total. The van der Waals surface area contributed by atoms with Gasteiger partial charge >= 0.3 is 6.09 Å². The molecule has 0 aliphatic heterocycles. The molecule has 1 amide bonds. The molecule has 8 heteroatoms. The van der Waals surface area contributed by atoms with Crippen LogP contribution in [0.5, 0.6) is 0 Å². The van der Waals surface area contributed by atoms with Crippen molar-refractivity contribution in [2.75, 3.05) is 11.4 Å². The van der Waals surface area contributed by atoms with Gasteiger partial charge in [0, 0.05) is 12.6 Å². The van der Waals surface area contributed by atoms with Gasteiger partial charge < -0.3 is 9.94 Å². The first-order valence-electron chi connectivity index (χ1n) is 7.16. The third-order valence-corrected chi connectivity index (χ3v) is 3.17. The molecule has 2 aromatic rings. The predicted octanol–water partition coefficient (Wildman–Crippen LogP) is 2.92. The van der Waals surface area contributed by atoms with Crippen LogP contribution < -0.4 is 9.63 Å². The molecular weight excluding hydrogens is 320 g/mol. The van der Waals surface area contributed by atoms with Crippen LogP contribution >= 0.6 is 11.6 Å². The summed E-state index contributed by atoms with van der Waals surface area (Å²) in [6.07, 6.45) is 3.81. The van der Waals surface area contributed by atoms with Crippen LogP contribution in [0.25, 0.3) is 5.69 Å². The molecule has 0 unspecified atom stereocenters. The van der Waals surface area contributed by atoms with Gasteiger partial charge in [0.25, 0.3) is 0 Å². The van der Waals surface area contributed by atoms with Crippen molar-refractivity contribution in [1.29, 1.82) is 0 Å². The van der Waals surface area contributed by atoms with Crippen LogP contribution in [0.2, 0.25) is 5.15 Å². The van der Waals surface area contributed by atoms with E-state index in [0.29, 0.717) is 22.6 Å². The number of anilines is 1. The molecule has 0 saturated carbocycles. The van der Waals surface area contributed by atoms with Crippen molar-refractivity contribution in [2.45, 2.75) is 33.3 Å². The molecule has 0 atom stereocenters. The van der Waals surface area contributed by atoms with Gasteiger partial charge in [-0.15, -0.1) is 0 Å². The number of aromatic nitrogens is 3. The van der Waals surface area contributed by atoms with Gasteiger partial charge in [0.05, 0.1) is 6.20 Å². The van der Waals surface area contributed by atoms with Crippen molar-refractivity contribution in [3.05, 3.63) is 41.1 Å². The average molecular weight is 339 g/mol. The van der Waals surface area contributed by atoms with E-state index < -0.39 is 11.7 Å².